The number of nitrogens with one attached hydrogen (secondary N) is 1. The van der Waals surface area contributed by atoms with E-state index in [1.165, 1.54) is 6.07 Å². The van der Waals surface area contributed by atoms with Gasteiger partial charge >= 0.3 is 6.18 Å². The van der Waals surface area contributed by atoms with Gasteiger partial charge in [0.25, 0.3) is 0 Å². The van der Waals surface area contributed by atoms with E-state index in [2.05, 4.69) is 15.5 Å². The van der Waals surface area contributed by atoms with Crippen LogP contribution in [0.2, 0.25) is 0 Å². The second-order valence-corrected chi connectivity index (χ2v) is 3.98. The molecule has 1 aromatic heterocycles. The van der Waals surface area contributed by atoms with Crippen molar-refractivity contribution in [2.75, 3.05) is 6.54 Å². The summed E-state index contributed by atoms with van der Waals surface area (Å²) in [6.45, 7) is 6.65. The molecule has 0 aliphatic rings. The average molecular weight is 247 g/mol. The second kappa shape index (κ2) is 5.44. The summed E-state index contributed by atoms with van der Waals surface area (Å²) >= 11 is 0. The third-order valence-electron chi connectivity index (χ3n) is 2.72. The van der Waals surface area contributed by atoms with Crippen LogP contribution in [-0.2, 0) is 6.18 Å². The highest BCUT2D eigenvalue weighted by Crippen LogP contribution is 2.27. The van der Waals surface area contributed by atoms with Gasteiger partial charge in [0.1, 0.15) is 0 Å². The molecule has 0 saturated heterocycles. The van der Waals surface area contributed by atoms with Gasteiger partial charge < -0.3 is 5.32 Å². The molecule has 0 bridgehead atoms. The minimum atomic E-state index is -4.43. The Kier molecular flexibility index (Phi) is 4.45. The Morgan fingerprint density at radius 3 is 2.29 bits per heavy atom. The van der Waals surface area contributed by atoms with Crippen molar-refractivity contribution in [2.24, 2.45) is 0 Å². The summed E-state index contributed by atoms with van der Waals surface area (Å²) in [7, 11) is 0. The van der Waals surface area contributed by atoms with Crippen LogP contribution in [0.15, 0.2) is 12.1 Å². The van der Waals surface area contributed by atoms with E-state index < -0.39 is 11.9 Å². The van der Waals surface area contributed by atoms with Crippen molar-refractivity contribution in [1.29, 1.82) is 0 Å². The molecule has 0 aromatic carbocycles. The Balaban J connectivity index is 2.80. The summed E-state index contributed by atoms with van der Waals surface area (Å²) in [5.74, 6) is 0.0183. The van der Waals surface area contributed by atoms with Crippen LogP contribution >= 0.6 is 0 Å². The Labute approximate surface area is 98.4 Å². The molecule has 6 heteroatoms. The topological polar surface area (TPSA) is 37.8 Å². The van der Waals surface area contributed by atoms with E-state index in [4.69, 9.17) is 0 Å². The number of rotatable bonds is 4. The fraction of sp³-hybridized carbons (Fsp3) is 0.636. The van der Waals surface area contributed by atoms with Crippen LogP contribution in [0.4, 0.5) is 13.2 Å². The number of hydrogen-bond donors (Lipinski definition) is 1. The predicted octanol–water partition coefficient (Wildman–Crippen LogP) is 2.60. The van der Waals surface area contributed by atoms with Crippen molar-refractivity contribution in [3.63, 3.8) is 0 Å². The fourth-order valence-corrected chi connectivity index (χ4v) is 1.49. The van der Waals surface area contributed by atoms with Gasteiger partial charge in [-0.15, -0.1) is 5.10 Å². The normalized spacial score (nSPS) is 15.6. The van der Waals surface area contributed by atoms with E-state index >= 15 is 0 Å². The van der Waals surface area contributed by atoms with E-state index in [1.807, 2.05) is 20.8 Å². The summed E-state index contributed by atoms with van der Waals surface area (Å²) < 4.78 is 36.9. The van der Waals surface area contributed by atoms with E-state index in [-0.39, 0.29) is 12.0 Å². The highest BCUT2D eigenvalue weighted by Gasteiger charge is 2.33. The summed E-state index contributed by atoms with van der Waals surface area (Å²) in [6.07, 6.45) is -4.43. The van der Waals surface area contributed by atoms with Gasteiger partial charge in [-0.2, -0.15) is 18.3 Å². The molecule has 0 spiro atoms. The molecule has 0 aliphatic carbocycles. The molecular formula is C11H16F3N3. The summed E-state index contributed by atoms with van der Waals surface area (Å²) in [6, 6.07) is 2.50. The van der Waals surface area contributed by atoms with Crippen LogP contribution in [0.5, 0.6) is 0 Å². The van der Waals surface area contributed by atoms with Crippen LogP contribution in [0.3, 0.4) is 0 Å². The minimum absolute atomic E-state index is 0.0183. The van der Waals surface area contributed by atoms with Gasteiger partial charge in [-0.1, -0.05) is 13.8 Å². The standard InChI is InChI=1S/C11H16F3N3/c1-4-15-8(3)7(2)9-5-6-10(17-16-9)11(12,13)14/h5-8,15H,4H2,1-3H3. The van der Waals surface area contributed by atoms with Gasteiger partial charge in [0.05, 0.1) is 5.69 Å². The molecule has 1 N–H and O–H groups in total. The lowest BCUT2D eigenvalue weighted by Crippen LogP contribution is -2.31. The molecule has 3 nitrogen and oxygen atoms in total. The van der Waals surface area contributed by atoms with Crippen molar-refractivity contribution in [3.05, 3.63) is 23.5 Å². The van der Waals surface area contributed by atoms with Gasteiger partial charge in [-0.05, 0) is 25.6 Å². The Bertz CT molecular complexity index is 348. The zero-order chi connectivity index (χ0) is 13.1. The quantitative estimate of drug-likeness (QED) is 0.888. The van der Waals surface area contributed by atoms with Gasteiger partial charge in [-0.3, -0.25) is 0 Å². The van der Waals surface area contributed by atoms with Crippen molar-refractivity contribution >= 4 is 0 Å². The van der Waals surface area contributed by atoms with E-state index in [1.54, 1.807) is 0 Å². The van der Waals surface area contributed by atoms with Gasteiger partial charge in [-0.25, -0.2) is 0 Å². The number of nitrogens with zero attached hydrogens (tertiary/aromatic N) is 2. The lowest BCUT2D eigenvalue weighted by Gasteiger charge is -2.19. The Morgan fingerprint density at radius 2 is 1.88 bits per heavy atom. The maximum atomic E-state index is 12.3. The first-order chi connectivity index (χ1) is 7.86. The molecule has 96 valence electrons. The maximum absolute atomic E-state index is 12.3. The van der Waals surface area contributed by atoms with Crippen molar-refractivity contribution in [2.45, 2.75) is 38.9 Å². The molecule has 17 heavy (non-hydrogen) atoms. The molecule has 0 radical (unpaired) electrons. The average Bonchev–Trinajstić information content (AvgIpc) is 2.27. The van der Waals surface area contributed by atoms with Crippen molar-refractivity contribution in [1.82, 2.24) is 15.5 Å². The molecule has 1 rings (SSSR count). The van der Waals surface area contributed by atoms with Crippen LogP contribution < -0.4 is 5.32 Å². The minimum Gasteiger partial charge on any atom is -0.314 e. The third-order valence-corrected chi connectivity index (χ3v) is 2.72. The van der Waals surface area contributed by atoms with Crippen molar-refractivity contribution < 1.29 is 13.2 Å². The van der Waals surface area contributed by atoms with Gasteiger partial charge in [0, 0.05) is 12.0 Å². The summed E-state index contributed by atoms with van der Waals surface area (Å²) in [5, 5.41) is 10.0. The van der Waals surface area contributed by atoms with E-state index in [0.29, 0.717) is 5.69 Å². The first kappa shape index (κ1) is 13.9. The number of halogens is 3. The Hall–Kier alpha value is -1.17. The van der Waals surface area contributed by atoms with E-state index in [9.17, 15) is 13.2 Å². The molecule has 0 aliphatic heterocycles. The van der Waals surface area contributed by atoms with Crippen LogP contribution in [0.1, 0.15) is 38.1 Å². The summed E-state index contributed by atoms with van der Waals surface area (Å²) in [5.41, 5.74) is -0.393. The lowest BCUT2D eigenvalue weighted by molar-refractivity contribution is -0.141. The molecule has 0 saturated carbocycles. The Morgan fingerprint density at radius 1 is 1.24 bits per heavy atom. The summed E-state index contributed by atoms with van der Waals surface area (Å²) in [4.78, 5) is 0. The van der Waals surface area contributed by atoms with Gasteiger partial charge in [0.15, 0.2) is 5.69 Å². The number of aromatic nitrogens is 2. The van der Waals surface area contributed by atoms with Gasteiger partial charge in [0.2, 0.25) is 0 Å². The number of alkyl halides is 3. The lowest BCUT2D eigenvalue weighted by atomic mass is 9.99. The van der Waals surface area contributed by atoms with Crippen LogP contribution in [-0.4, -0.2) is 22.8 Å². The maximum Gasteiger partial charge on any atom is 0.435 e. The second-order valence-electron chi connectivity index (χ2n) is 3.98. The smallest absolute Gasteiger partial charge is 0.314 e. The molecule has 0 amide bonds. The SMILES string of the molecule is CCNC(C)C(C)c1ccc(C(F)(F)F)nn1. The molecule has 2 unspecified atom stereocenters. The molecule has 1 heterocycles. The molecule has 0 fully saturated rings. The number of hydrogen-bond acceptors (Lipinski definition) is 3. The highest BCUT2D eigenvalue weighted by molar-refractivity contribution is 5.13. The molecule has 1 aromatic rings. The molecular weight excluding hydrogens is 231 g/mol. The highest BCUT2D eigenvalue weighted by atomic mass is 19.4. The molecule has 2 atom stereocenters. The van der Waals surface area contributed by atoms with Crippen molar-refractivity contribution in [3.8, 4) is 0 Å². The zero-order valence-corrected chi connectivity index (χ0v) is 10.0. The first-order valence-corrected chi connectivity index (χ1v) is 5.50. The fourth-order valence-electron chi connectivity index (χ4n) is 1.49. The largest absolute Gasteiger partial charge is 0.435 e. The van der Waals surface area contributed by atoms with Crippen LogP contribution in [0.25, 0.3) is 0 Å². The first-order valence-electron chi connectivity index (χ1n) is 5.50. The monoisotopic (exact) mass is 247 g/mol. The predicted molar refractivity (Wildman–Crippen MR) is 58.6 cm³/mol. The number of likely N-dealkylation sites (N-methyl/N-ethyl adjacent to an activating group) is 1. The van der Waals surface area contributed by atoms with E-state index in [0.717, 1.165) is 12.6 Å². The zero-order valence-electron chi connectivity index (χ0n) is 10.0. The van der Waals surface area contributed by atoms with Crippen LogP contribution in [0, 0.1) is 0 Å². The third kappa shape index (κ3) is 3.66.